The molecule has 0 unspecified atom stereocenters. The summed E-state index contributed by atoms with van der Waals surface area (Å²) in [6.45, 7) is 0.194. The Kier molecular flexibility index (Phi) is 4.80. The Balaban J connectivity index is 1.66. The third-order valence-corrected chi connectivity index (χ3v) is 3.44. The van der Waals surface area contributed by atoms with Gasteiger partial charge in [0.05, 0.1) is 5.92 Å². The quantitative estimate of drug-likeness (QED) is 0.843. The van der Waals surface area contributed by atoms with Crippen LogP contribution in [0.5, 0.6) is 0 Å². The number of carbonyl (C=O) groups is 2. The van der Waals surface area contributed by atoms with Crippen LogP contribution in [0.1, 0.15) is 24.8 Å². The van der Waals surface area contributed by atoms with Crippen molar-refractivity contribution in [2.24, 2.45) is 5.92 Å². The smallest absolute Gasteiger partial charge is 0.309 e. The van der Waals surface area contributed by atoms with Gasteiger partial charge >= 0.3 is 5.97 Å². The summed E-state index contributed by atoms with van der Waals surface area (Å²) in [5.41, 5.74) is 0.947. The van der Waals surface area contributed by atoms with Gasteiger partial charge in [0.2, 0.25) is 0 Å². The molecule has 0 bridgehead atoms. The van der Waals surface area contributed by atoms with Crippen LogP contribution in [0, 0.1) is 5.92 Å². The van der Waals surface area contributed by atoms with Crippen LogP contribution in [0.4, 0.5) is 0 Å². The van der Waals surface area contributed by atoms with E-state index in [4.69, 9.17) is 16.3 Å². The molecule has 5 heteroatoms. The van der Waals surface area contributed by atoms with Crippen LogP contribution < -0.4 is 5.32 Å². The number of nitrogens with one attached hydrogen (secondary N) is 1. The normalized spacial score (nSPS) is 14.6. The highest BCUT2D eigenvalue weighted by Gasteiger charge is 2.26. The number of rotatable bonds is 5. The first-order valence-corrected chi connectivity index (χ1v) is 6.71. The van der Waals surface area contributed by atoms with Gasteiger partial charge in [0.15, 0.2) is 6.61 Å². The van der Waals surface area contributed by atoms with Crippen molar-refractivity contribution in [1.82, 2.24) is 5.32 Å². The van der Waals surface area contributed by atoms with E-state index in [0.717, 1.165) is 24.8 Å². The van der Waals surface area contributed by atoms with Crippen molar-refractivity contribution in [3.8, 4) is 0 Å². The summed E-state index contributed by atoms with van der Waals surface area (Å²) in [6.07, 6.45) is 2.83. The van der Waals surface area contributed by atoms with E-state index in [1.165, 1.54) is 0 Å². The molecule has 19 heavy (non-hydrogen) atoms. The molecule has 1 N–H and O–H groups in total. The molecule has 0 spiro atoms. The number of carbonyl (C=O) groups excluding carboxylic acids is 2. The Morgan fingerprint density at radius 1 is 1.26 bits per heavy atom. The highest BCUT2D eigenvalue weighted by Crippen LogP contribution is 2.27. The van der Waals surface area contributed by atoms with Gasteiger partial charge in [-0.15, -0.1) is 0 Å². The minimum atomic E-state index is -0.289. The lowest BCUT2D eigenvalue weighted by molar-refractivity contribution is -0.155. The van der Waals surface area contributed by atoms with Gasteiger partial charge in [-0.2, -0.15) is 0 Å². The van der Waals surface area contributed by atoms with Gasteiger partial charge in [-0.1, -0.05) is 30.2 Å². The molecule has 0 heterocycles. The second-order valence-electron chi connectivity index (χ2n) is 4.64. The van der Waals surface area contributed by atoms with Crippen molar-refractivity contribution >= 4 is 23.5 Å². The van der Waals surface area contributed by atoms with Gasteiger partial charge in [0.1, 0.15) is 0 Å². The predicted octanol–water partition coefficient (Wildman–Crippen LogP) is 2.30. The van der Waals surface area contributed by atoms with E-state index in [1.54, 1.807) is 12.1 Å². The molecule has 1 saturated carbocycles. The summed E-state index contributed by atoms with van der Waals surface area (Å²) in [7, 11) is 0. The first-order chi connectivity index (χ1) is 9.15. The molecule has 1 aliphatic rings. The van der Waals surface area contributed by atoms with Crippen molar-refractivity contribution in [2.75, 3.05) is 6.61 Å². The van der Waals surface area contributed by atoms with E-state index in [9.17, 15) is 9.59 Å². The molecule has 0 radical (unpaired) electrons. The van der Waals surface area contributed by atoms with Crippen molar-refractivity contribution < 1.29 is 14.3 Å². The van der Waals surface area contributed by atoms with Gasteiger partial charge < -0.3 is 10.1 Å². The highest BCUT2D eigenvalue weighted by atomic mass is 35.5. The molecular weight excluding hydrogens is 266 g/mol. The molecule has 1 fully saturated rings. The van der Waals surface area contributed by atoms with Gasteiger partial charge in [-0.05, 0) is 30.5 Å². The van der Waals surface area contributed by atoms with Crippen molar-refractivity contribution in [3.05, 3.63) is 34.9 Å². The molecule has 0 saturated heterocycles. The fourth-order valence-corrected chi connectivity index (χ4v) is 1.88. The topological polar surface area (TPSA) is 55.4 Å². The Bertz CT molecular complexity index is 454. The summed E-state index contributed by atoms with van der Waals surface area (Å²) < 4.78 is 4.94. The lowest BCUT2D eigenvalue weighted by atomic mass is 9.86. The third kappa shape index (κ3) is 4.24. The standard InChI is InChI=1S/C14H16ClNO3/c15-12-6-4-10(5-7-12)8-16-13(17)9-19-14(18)11-2-1-3-11/h4-7,11H,1-3,8-9H2,(H,16,17). The zero-order valence-corrected chi connectivity index (χ0v) is 11.3. The van der Waals surface area contributed by atoms with Gasteiger partial charge in [-0.3, -0.25) is 9.59 Å². The molecule has 1 aliphatic carbocycles. The molecule has 4 nitrogen and oxygen atoms in total. The first-order valence-electron chi connectivity index (χ1n) is 6.33. The number of hydrogen-bond donors (Lipinski definition) is 1. The zero-order valence-electron chi connectivity index (χ0n) is 10.5. The van der Waals surface area contributed by atoms with Crippen molar-refractivity contribution in [3.63, 3.8) is 0 Å². The van der Waals surface area contributed by atoms with E-state index in [2.05, 4.69) is 5.32 Å². The first kappa shape index (κ1) is 13.9. The molecule has 0 aliphatic heterocycles. The van der Waals surface area contributed by atoms with Crippen LogP contribution in [0.2, 0.25) is 5.02 Å². The number of ether oxygens (including phenoxy) is 1. The summed E-state index contributed by atoms with van der Waals surface area (Å²) >= 11 is 5.76. The van der Waals surface area contributed by atoms with Crippen LogP contribution >= 0.6 is 11.6 Å². The van der Waals surface area contributed by atoms with Crippen LogP contribution in [0.25, 0.3) is 0 Å². The Morgan fingerprint density at radius 2 is 1.95 bits per heavy atom. The molecule has 0 atom stereocenters. The van der Waals surface area contributed by atoms with E-state index in [-0.39, 0.29) is 24.4 Å². The predicted molar refractivity (Wildman–Crippen MR) is 71.6 cm³/mol. The lowest BCUT2D eigenvalue weighted by Gasteiger charge is -2.22. The summed E-state index contributed by atoms with van der Waals surface area (Å²) in [6, 6.07) is 7.20. The van der Waals surface area contributed by atoms with E-state index in [1.807, 2.05) is 12.1 Å². The Labute approximate surface area is 117 Å². The molecule has 1 amide bonds. The minimum Gasteiger partial charge on any atom is -0.455 e. The van der Waals surface area contributed by atoms with Crippen LogP contribution in [-0.4, -0.2) is 18.5 Å². The van der Waals surface area contributed by atoms with Crippen molar-refractivity contribution in [1.29, 1.82) is 0 Å². The minimum absolute atomic E-state index is 0.00376. The number of amides is 1. The summed E-state index contributed by atoms with van der Waals surface area (Å²) in [4.78, 5) is 22.9. The summed E-state index contributed by atoms with van der Waals surface area (Å²) in [5, 5.41) is 3.35. The van der Waals surface area contributed by atoms with Gasteiger partial charge in [0.25, 0.3) is 5.91 Å². The Morgan fingerprint density at radius 3 is 2.53 bits per heavy atom. The molecule has 1 aromatic carbocycles. The number of hydrogen-bond acceptors (Lipinski definition) is 3. The van der Waals surface area contributed by atoms with E-state index in [0.29, 0.717) is 11.6 Å². The SMILES string of the molecule is O=C(COC(=O)C1CCC1)NCc1ccc(Cl)cc1. The maximum Gasteiger partial charge on any atom is 0.309 e. The van der Waals surface area contributed by atoms with Crippen LogP contribution in [0.3, 0.4) is 0 Å². The molecule has 0 aromatic heterocycles. The monoisotopic (exact) mass is 281 g/mol. The van der Waals surface area contributed by atoms with Crippen molar-refractivity contribution in [2.45, 2.75) is 25.8 Å². The van der Waals surface area contributed by atoms with Gasteiger partial charge in [0, 0.05) is 11.6 Å². The fourth-order valence-electron chi connectivity index (χ4n) is 1.75. The third-order valence-electron chi connectivity index (χ3n) is 3.19. The molecule has 102 valence electrons. The van der Waals surface area contributed by atoms with Crippen LogP contribution in [0.15, 0.2) is 24.3 Å². The zero-order chi connectivity index (χ0) is 13.7. The van der Waals surface area contributed by atoms with E-state index >= 15 is 0 Å². The number of esters is 1. The lowest BCUT2D eigenvalue weighted by Crippen LogP contribution is -2.31. The largest absolute Gasteiger partial charge is 0.455 e. The number of benzene rings is 1. The maximum absolute atomic E-state index is 11.5. The second kappa shape index (κ2) is 6.57. The second-order valence-corrected chi connectivity index (χ2v) is 5.08. The summed E-state index contributed by atoms with van der Waals surface area (Å²) in [5.74, 6) is -0.542. The molecule has 1 aromatic rings. The number of halogens is 1. The average molecular weight is 282 g/mol. The maximum atomic E-state index is 11.5. The van der Waals surface area contributed by atoms with Crippen LogP contribution in [-0.2, 0) is 20.9 Å². The highest BCUT2D eigenvalue weighted by molar-refractivity contribution is 6.30. The van der Waals surface area contributed by atoms with Gasteiger partial charge in [-0.25, -0.2) is 0 Å². The fraction of sp³-hybridized carbons (Fsp3) is 0.429. The molecule has 2 rings (SSSR count). The average Bonchev–Trinajstić information content (AvgIpc) is 2.33. The van der Waals surface area contributed by atoms with E-state index < -0.39 is 0 Å². The Hall–Kier alpha value is -1.55. The molecular formula is C14H16ClNO3.